The van der Waals surface area contributed by atoms with Crippen LogP contribution < -0.4 is 0 Å². The highest BCUT2D eigenvalue weighted by Gasteiger charge is 1.78. The Labute approximate surface area is 94.2 Å². The van der Waals surface area contributed by atoms with E-state index in [0.717, 1.165) is 5.56 Å². The average molecular weight is 210 g/mol. The summed E-state index contributed by atoms with van der Waals surface area (Å²) in [5.74, 6) is 5.01. The minimum atomic E-state index is 0.590. The monoisotopic (exact) mass is 210 g/mol. The second-order valence-electron chi connectivity index (χ2n) is 2.65. The summed E-state index contributed by atoms with van der Waals surface area (Å²) in [7, 11) is 0. The summed E-state index contributed by atoms with van der Waals surface area (Å²) in [6, 6.07) is 9.39. The molecule has 0 saturated carbocycles. The van der Waals surface area contributed by atoms with E-state index in [1.54, 1.807) is 24.8 Å². The Hall–Kier alpha value is -2.47. The van der Waals surface area contributed by atoms with Crippen LogP contribution in [-0.4, -0.2) is 16.3 Å². The summed E-state index contributed by atoms with van der Waals surface area (Å²) in [6.45, 7) is 0. The van der Waals surface area contributed by atoms with Crippen molar-refractivity contribution in [1.82, 2.24) is 9.97 Å². The molecule has 0 saturated heterocycles. The molecule has 0 atom stereocenters. The first kappa shape index (κ1) is 11.6. The van der Waals surface area contributed by atoms with E-state index in [-0.39, 0.29) is 0 Å². The molecule has 3 heteroatoms. The number of aromatic nitrogens is 2. The number of rotatable bonds is 0. The van der Waals surface area contributed by atoms with Gasteiger partial charge in [-0.1, -0.05) is 24.1 Å². The van der Waals surface area contributed by atoms with E-state index >= 15 is 0 Å². The molecule has 1 heterocycles. The van der Waals surface area contributed by atoms with Gasteiger partial charge in [0.25, 0.3) is 0 Å². The Bertz CT molecular complexity index is 431. The smallest absolute Gasteiger partial charge is 0.193 e. The van der Waals surface area contributed by atoms with Crippen LogP contribution >= 0.6 is 0 Å². The zero-order valence-corrected chi connectivity index (χ0v) is 8.58. The standard InChI is InChI=1S/C9H6O.C4H4N2/c10-8-4-7-9-5-2-1-3-6-9;1-2-6-4-3-5-1/h1-3,5-6,8H;1-4H. The Kier molecular flexibility index (Phi) is 5.72. The molecule has 0 bridgehead atoms. The summed E-state index contributed by atoms with van der Waals surface area (Å²) in [5, 5.41) is 0. The van der Waals surface area contributed by atoms with Crippen LogP contribution in [0, 0.1) is 11.8 Å². The normalized spacial score (nSPS) is 7.75. The molecule has 0 aliphatic heterocycles. The average Bonchev–Trinajstić information content (AvgIpc) is 2.40. The molecule has 2 rings (SSSR count). The van der Waals surface area contributed by atoms with Gasteiger partial charge in [-0.2, -0.15) is 0 Å². The summed E-state index contributed by atoms with van der Waals surface area (Å²) < 4.78 is 0. The third-order valence-corrected chi connectivity index (χ3v) is 1.53. The highest BCUT2D eigenvalue weighted by atomic mass is 16.1. The van der Waals surface area contributed by atoms with Gasteiger partial charge in [-0.05, 0) is 18.1 Å². The lowest BCUT2D eigenvalue weighted by Crippen LogP contribution is -1.70. The molecule has 0 spiro atoms. The van der Waals surface area contributed by atoms with E-state index in [9.17, 15) is 4.79 Å². The Balaban J connectivity index is 0.000000181. The molecule has 0 unspecified atom stereocenters. The molecular weight excluding hydrogens is 200 g/mol. The van der Waals surface area contributed by atoms with Crippen LogP contribution in [0.3, 0.4) is 0 Å². The van der Waals surface area contributed by atoms with E-state index in [1.165, 1.54) is 0 Å². The van der Waals surface area contributed by atoms with Gasteiger partial charge in [-0.15, -0.1) is 0 Å². The van der Waals surface area contributed by atoms with Gasteiger partial charge in [0.15, 0.2) is 6.29 Å². The molecule has 0 aliphatic carbocycles. The van der Waals surface area contributed by atoms with Crippen molar-refractivity contribution in [2.45, 2.75) is 0 Å². The first-order chi connectivity index (χ1) is 7.93. The molecule has 0 radical (unpaired) electrons. The van der Waals surface area contributed by atoms with Crippen LogP contribution in [0.5, 0.6) is 0 Å². The molecule has 16 heavy (non-hydrogen) atoms. The van der Waals surface area contributed by atoms with Crippen LogP contribution in [-0.2, 0) is 4.79 Å². The number of carbonyl (C=O) groups excluding carboxylic acids is 1. The van der Waals surface area contributed by atoms with Gasteiger partial charge in [0.05, 0.1) is 0 Å². The molecular formula is C13H10N2O. The third kappa shape index (κ3) is 5.30. The molecule has 0 N–H and O–H groups in total. The number of nitrogens with zero attached hydrogens (tertiary/aromatic N) is 2. The largest absolute Gasteiger partial charge is 0.289 e. The molecule has 3 nitrogen and oxygen atoms in total. The van der Waals surface area contributed by atoms with Crippen molar-refractivity contribution in [1.29, 1.82) is 0 Å². The Morgan fingerprint density at radius 3 is 1.94 bits per heavy atom. The van der Waals surface area contributed by atoms with Crippen molar-refractivity contribution >= 4 is 6.29 Å². The van der Waals surface area contributed by atoms with Gasteiger partial charge in [0.2, 0.25) is 0 Å². The topological polar surface area (TPSA) is 42.9 Å². The van der Waals surface area contributed by atoms with Crippen molar-refractivity contribution in [3.63, 3.8) is 0 Å². The lowest BCUT2D eigenvalue weighted by molar-refractivity contribution is -0.103. The summed E-state index contributed by atoms with van der Waals surface area (Å²) in [5.41, 5.74) is 0.870. The highest BCUT2D eigenvalue weighted by molar-refractivity contribution is 5.73. The predicted octanol–water partition coefficient (Wildman–Crippen LogP) is 1.71. The van der Waals surface area contributed by atoms with Crippen molar-refractivity contribution in [2.24, 2.45) is 0 Å². The van der Waals surface area contributed by atoms with Gasteiger partial charge in [-0.3, -0.25) is 14.8 Å². The molecule has 78 valence electrons. The molecule has 0 aliphatic rings. The van der Waals surface area contributed by atoms with Crippen LogP contribution in [0.2, 0.25) is 0 Å². The fourth-order valence-electron chi connectivity index (χ4n) is 0.888. The van der Waals surface area contributed by atoms with Crippen molar-refractivity contribution in [2.75, 3.05) is 0 Å². The van der Waals surface area contributed by atoms with Gasteiger partial charge >= 0.3 is 0 Å². The van der Waals surface area contributed by atoms with E-state index in [1.807, 2.05) is 30.3 Å². The van der Waals surface area contributed by atoms with E-state index in [2.05, 4.69) is 21.8 Å². The van der Waals surface area contributed by atoms with Gasteiger partial charge in [0, 0.05) is 30.4 Å². The second-order valence-corrected chi connectivity index (χ2v) is 2.65. The van der Waals surface area contributed by atoms with Crippen molar-refractivity contribution in [3.8, 4) is 11.8 Å². The molecule has 0 fully saturated rings. The maximum absolute atomic E-state index is 9.80. The lowest BCUT2D eigenvalue weighted by Gasteiger charge is -1.83. The van der Waals surface area contributed by atoms with E-state index in [4.69, 9.17) is 0 Å². The highest BCUT2D eigenvalue weighted by Crippen LogP contribution is 1.93. The summed E-state index contributed by atoms with van der Waals surface area (Å²) in [6.07, 6.45) is 7.15. The minimum Gasteiger partial charge on any atom is -0.289 e. The number of carbonyl (C=O) groups is 1. The maximum Gasteiger partial charge on any atom is 0.193 e. The lowest BCUT2D eigenvalue weighted by atomic mass is 10.2. The van der Waals surface area contributed by atoms with Gasteiger partial charge < -0.3 is 0 Å². The van der Waals surface area contributed by atoms with Crippen LogP contribution in [0.4, 0.5) is 0 Å². The molecule has 1 aromatic heterocycles. The fraction of sp³-hybridized carbons (Fsp3) is 0. The molecule has 0 amide bonds. The number of benzene rings is 1. The van der Waals surface area contributed by atoms with Gasteiger partial charge in [-0.25, -0.2) is 0 Å². The van der Waals surface area contributed by atoms with E-state index < -0.39 is 0 Å². The molecule has 1 aromatic carbocycles. The SMILES string of the molecule is O=CC#Cc1ccccc1.c1cnccn1. The second kappa shape index (κ2) is 7.89. The number of aldehydes is 1. The first-order valence-electron chi connectivity index (χ1n) is 4.63. The molecule has 2 aromatic rings. The minimum absolute atomic E-state index is 0.590. The van der Waals surface area contributed by atoms with E-state index in [0.29, 0.717) is 6.29 Å². The zero-order valence-electron chi connectivity index (χ0n) is 8.58. The number of hydrogen-bond acceptors (Lipinski definition) is 3. The maximum atomic E-state index is 9.80. The fourth-order valence-corrected chi connectivity index (χ4v) is 0.888. The van der Waals surface area contributed by atoms with Crippen LogP contribution in [0.25, 0.3) is 0 Å². The van der Waals surface area contributed by atoms with Crippen molar-refractivity contribution in [3.05, 3.63) is 60.7 Å². The quantitative estimate of drug-likeness (QED) is 0.491. The zero-order chi connectivity index (χ0) is 11.5. The summed E-state index contributed by atoms with van der Waals surface area (Å²) >= 11 is 0. The summed E-state index contributed by atoms with van der Waals surface area (Å²) in [4.78, 5) is 17.2. The third-order valence-electron chi connectivity index (χ3n) is 1.53. The Morgan fingerprint density at radius 1 is 0.938 bits per heavy atom. The van der Waals surface area contributed by atoms with Crippen LogP contribution in [0.15, 0.2) is 55.1 Å². The Morgan fingerprint density at radius 2 is 1.50 bits per heavy atom. The number of hydrogen-bond donors (Lipinski definition) is 0. The van der Waals surface area contributed by atoms with Gasteiger partial charge in [0.1, 0.15) is 0 Å². The van der Waals surface area contributed by atoms with Crippen molar-refractivity contribution < 1.29 is 4.79 Å². The first-order valence-corrected chi connectivity index (χ1v) is 4.63. The predicted molar refractivity (Wildman–Crippen MR) is 61.4 cm³/mol. The van der Waals surface area contributed by atoms with Crippen LogP contribution in [0.1, 0.15) is 5.56 Å².